The fraction of sp³-hybridized carbons (Fsp3) is 1.00. The maximum Gasteiger partial charge on any atom is 0.0591 e. The maximum atomic E-state index is 5.01. The molecule has 0 saturated carbocycles. The largest absolute Gasteiger partial charge is 0.379 e. The van der Waals surface area contributed by atoms with E-state index in [-0.39, 0.29) is 0 Å². The van der Waals surface area contributed by atoms with Crippen LogP contribution in [0.2, 0.25) is 0 Å². The van der Waals surface area contributed by atoms with E-state index in [1.54, 1.807) is 0 Å². The Morgan fingerprint density at radius 2 is 0.652 bits per heavy atom. The molecule has 0 aliphatic carbocycles. The van der Waals surface area contributed by atoms with Gasteiger partial charge in [0, 0.05) is 13.1 Å². The van der Waals surface area contributed by atoms with Crippen LogP contribution in [0.1, 0.15) is 51.4 Å². The number of hydrogen-bond acceptors (Lipinski definition) is 5. The van der Waals surface area contributed by atoms with Gasteiger partial charge in [0.15, 0.2) is 0 Å². The molecule has 4 N–H and O–H groups in total. The highest BCUT2D eigenvalue weighted by molar-refractivity contribution is 4.56. The first-order valence-electron chi connectivity index (χ1n) is 9.91. The van der Waals surface area contributed by atoms with E-state index in [0.717, 1.165) is 26.3 Å². The van der Waals surface area contributed by atoms with Crippen molar-refractivity contribution in [3.8, 4) is 0 Å². The number of ether oxygens (including phenoxy) is 1. The van der Waals surface area contributed by atoms with Crippen molar-refractivity contribution < 1.29 is 4.74 Å². The maximum absolute atomic E-state index is 5.01. The van der Waals surface area contributed by atoms with Gasteiger partial charge in [0.05, 0.1) is 13.2 Å². The van der Waals surface area contributed by atoms with Crippen LogP contribution in [0.25, 0.3) is 0 Å². The Balaban J connectivity index is 0.000000154. The lowest BCUT2D eigenvalue weighted by Crippen LogP contribution is -2.30. The van der Waals surface area contributed by atoms with Crippen LogP contribution in [0.4, 0.5) is 0 Å². The van der Waals surface area contributed by atoms with Crippen LogP contribution in [-0.2, 0) is 4.74 Å². The summed E-state index contributed by atoms with van der Waals surface area (Å²) in [6, 6.07) is 0. The van der Waals surface area contributed by atoms with Crippen molar-refractivity contribution in [2.45, 2.75) is 51.4 Å². The number of hydrogen-bond donors (Lipinski definition) is 4. The van der Waals surface area contributed by atoms with Gasteiger partial charge in [0.1, 0.15) is 0 Å². The van der Waals surface area contributed by atoms with Crippen molar-refractivity contribution in [3.63, 3.8) is 0 Å². The quantitative estimate of drug-likeness (QED) is 0.543. The van der Waals surface area contributed by atoms with Gasteiger partial charge in [-0.1, -0.05) is 12.8 Å². The number of nitrogens with one attached hydrogen (secondary N) is 4. The summed E-state index contributed by atoms with van der Waals surface area (Å²) in [5.74, 6) is 0. The minimum Gasteiger partial charge on any atom is -0.379 e. The van der Waals surface area contributed by atoms with Crippen molar-refractivity contribution in [1.29, 1.82) is 0 Å². The molecule has 0 atom stereocenters. The molecule has 0 aromatic heterocycles. The monoisotopic (exact) mass is 328 g/mol. The number of rotatable bonds is 0. The molecule has 138 valence electrons. The molecule has 4 saturated heterocycles. The van der Waals surface area contributed by atoms with E-state index >= 15 is 0 Å². The highest BCUT2D eigenvalue weighted by Crippen LogP contribution is 1.97. The molecule has 0 aromatic rings. The van der Waals surface area contributed by atoms with Crippen molar-refractivity contribution in [3.05, 3.63) is 0 Å². The van der Waals surface area contributed by atoms with Crippen LogP contribution >= 0.6 is 0 Å². The van der Waals surface area contributed by atoms with E-state index in [1.165, 1.54) is 90.6 Å². The van der Waals surface area contributed by atoms with Crippen LogP contribution in [0, 0.1) is 0 Å². The Hall–Kier alpha value is -0.200. The highest BCUT2D eigenvalue weighted by Gasteiger charge is 1.95. The summed E-state index contributed by atoms with van der Waals surface area (Å²) < 4.78 is 5.01. The fourth-order valence-corrected chi connectivity index (χ4v) is 2.74. The van der Waals surface area contributed by atoms with Crippen molar-refractivity contribution in [2.24, 2.45) is 0 Å². The molecule has 5 nitrogen and oxygen atoms in total. The van der Waals surface area contributed by atoms with Gasteiger partial charge >= 0.3 is 0 Å². The molecule has 0 radical (unpaired) electrons. The Morgan fingerprint density at radius 1 is 0.348 bits per heavy atom. The van der Waals surface area contributed by atoms with Gasteiger partial charge in [-0.2, -0.15) is 0 Å². The zero-order valence-electron chi connectivity index (χ0n) is 15.1. The first kappa shape index (κ1) is 20.8. The zero-order chi connectivity index (χ0) is 16.3. The van der Waals surface area contributed by atoms with Crippen molar-refractivity contribution in [1.82, 2.24) is 21.3 Å². The molecule has 0 aromatic carbocycles. The minimum absolute atomic E-state index is 0.889. The standard InChI is InChI=1S/2C5H11N.C4H9NO.C4H9N/c2*1-2-4-6-5-3-1;1-3-6-4-2-5-1;1-2-4-5-3-1/h2*6H,1-5H2;5H,1-4H2;5H,1-4H2. The summed E-state index contributed by atoms with van der Waals surface area (Å²) in [6.07, 6.45) is 11.2. The Bertz CT molecular complexity index is 142. The zero-order valence-corrected chi connectivity index (χ0v) is 15.1. The molecular formula is C18H40N4O. The van der Waals surface area contributed by atoms with Gasteiger partial charge in [-0.25, -0.2) is 0 Å². The van der Waals surface area contributed by atoms with Crippen molar-refractivity contribution in [2.75, 3.05) is 65.6 Å². The molecular weight excluding hydrogens is 288 g/mol. The molecule has 4 aliphatic rings. The first-order chi connectivity index (χ1) is 11.5. The Morgan fingerprint density at radius 3 is 0.783 bits per heavy atom. The second kappa shape index (κ2) is 18.1. The molecule has 4 rings (SSSR count). The molecule has 4 fully saturated rings. The lowest BCUT2D eigenvalue weighted by Gasteiger charge is -2.10. The fourth-order valence-electron chi connectivity index (χ4n) is 2.74. The van der Waals surface area contributed by atoms with Gasteiger partial charge in [-0.05, 0) is 77.8 Å². The van der Waals surface area contributed by atoms with E-state index < -0.39 is 0 Å². The number of morpholine rings is 1. The predicted octanol–water partition coefficient (Wildman–Crippen LogP) is 1.50. The normalized spacial score (nSPS) is 24.0. The molecule has 4 heterocycles. The van der Waals surface area contributed by atoms with E-state index in [2.05, 4.69) is 21.3 Å². The average Bonchev–Trinajstić information content (AvgIpc) is 3.27. The predicted molar refractivity (Wildman–Crippen MR) is 99.2 cm³/mol. The van der Waals surface area contributed by atoms with Gasteiger partial charge in [-0.3, -0.25) is 0 Å². The molecule has 4 aliphatic heterocycles. The topological polar surface area (TPSA) is 57.3 Å². The lowest BCUT2D eigenvalue weighted by molar-refractivity contribution is 0.109. The molecule has 5 heteroatoms. The summed E-state index contributed by atoms with van der Waals surface area (Å²) in [7, 11) is 0. The van der Waals surface area contributed by atoms with Crippen LogP contribution in [0.5, 0.6) is 0 Å². The van der Waals surface area contributed by atoms with Gasteiger partial charge in [-0.15, -0.1) is 0 Å². The van der Waals surface area contributed by atoms with Gasteiger partial charge in [0.2, 0.25) is 0 Å². The third kappa shape index (κ3) is 16.4. The van der Waals surface area contributed by atoms with E-state index in [4.69, 9.17) is 4.74 Å². The summed E-state index contributed by atoms with van der Waals surface area (Å²) in [6.45, 7) is 11.3. The van der Waals surface area contributed by atoms with E-state index in [1.807, 2.05) is 0 Å². The van der Waals surface area contributed by atoms with E-state index in [9.17, 15) is 0 Å². The molecule has 23 heavy (non-hydrogen) atoms. The number of piperidine rings is 2. The average molecular weight is 329 g/mol. The second-order valence-corrected chi connectivity index (χ2v) is 6.44. The Kier molecular flexibility index (Phi) is 16.4. The van der Waals surface area contributed by atoms with E-state index in [0.29, 0.717) is 0 Å². The smallest absolute Gasteiger partial charge is 0.0591 e. The van der Waals surface area contributed by atoms with Crippen LogP contribution in [0.15, 0.2) is 0 Å². The van der Waals surface area contributed by atoms with Crippen LogP contribution in [-0.4, -0.2) is 65.6 Å². The Labute approximate surface area is 143 Å². The third-order valence-electron chi connectivity index (χ3n) is 4.22. The van der Waals surface area contributed by atoms with Crippen LogP contribution < -0.4 is 21.3 Å². The van der Waals surface area contributed by atoms with Crippen LogP contribution in [0.3, 0.4) is 0 Å². The van der Waals surface area contributed by atoms with Gasteiger partial charge < -0.3 is 26.0 Å². The second-order valence-electron chi connectivity index (χ2n) is 6.44. The summed E-state index contributed by atoms with van der Waals surface area (Å²) in [5.41, 5.74) is 0. The summed E-state index contributed by atoms with van der Waals surface area (Å²) in [4.78, 5) is 0. The molecule has 0 amide bonds. The summed E-state index contributed by atoms with van der Waals surface area (Å²) in [5, 5.41) is 13.0. The summed E-state index contributed by atoms with van der Waals surface area (Å²) >= 11 is 0. The minimum atomic E-state index is 0.889. The molecule has 0 unspecified atom stereocenters. The third-order valence-corrected chi connectivity index (χ3v) is 4.22. The lowest BCUT2D eigenvalue weighted by atomic mass is 10.2. The van der Waals surface area contributed by atoms with Gasteiger partial charge in [0.25, 0.3) is 0 Å². The van der Waals surface area contributed by atoms with Crippen molar-refractivity contribution >= 4 is 0 Å². The SMILES string of the molecule is C1CCNC1.C1CCNCC1.C1CCNCC1.C1COCCN1. The first-order valence-corrected chi connectivity index (χ1v) is 9.91. The molecule has 0 bridgehead atoms. The highest BCUT2D eigenvalue weighted by atomic mass is 16.5. The molecule has 0 spiro atoms.